The van der Waals surface area contributed by atoms with Gasteiger partial charge in [-0.2, -0.15) is 5.48 Å². The van der Waals surface area contributed by atoms with Crippen LogP contribution in [0.3, 0.4) is 0 Å². The second-order valence-electron chi connectivity index (χ2n) is 1.88. The van der Waals surface area contributed by atoms with Crippen molar-refractivity contribution >= 4 is 23.5 Å². The van der Waals surface area contributed by atoms with E-state index in [1.54, 1.807) is 0 Å². The quantitative estimate of drug-likeness (QED) is 0.510. The lowest BCUT2D eigenvalue weighted by molar-refractivity contribution is -0.155. The topological polar surface area (TPSA) is 55.4 Å². The van der Waals surface area contributed by atoms with Gasteiger partial charge in [0.25, 0.3) is 5.91 Å². The summed E-state index contributed by atoms with van der Waals surface area (Å²) in [6.07, 6.45) is 1.06. The number of hydroxylamine groups is 1. The van der Waals surface area contributed by atoms with Gasteiger partial charge in [0.1, 0.15) is 5.88 Å². The predicted octanol–water partition coefficient (Wildman–Crippen LogP) is 0.600. The van der Waals surface area contributed by atoms with Crippen LogP contribution < -0.4 is 5.48 Å². The van der Waals surface area contributed by atoms with Crippen LogP contribution >= 0.6 is 11.6 Å². The maximum atomic E-state index is 10.6. The van der Waals surface area contributed by atoms with Gasteiger partial charge in [0.15, 0.2) is 0 Å². The number of rotatable bonds is 3. The molecule has 1 amide bonds. The van der Waals surface area contributed by atoms with Crippen LogP contribution in [-0.2, 0) is 14.4 Å². The van der Waals surface area contributed by atoms with Gasteiger partial charge in [-0.25, -0.2) is 4.79 Å². The van der Waals surface area contributed by atoms with E-state index in [-0.39, 0.29) is 11.8 Å². The molecule has 1 N–H and O–H groups in total. The first-order valence-corrected chi connectivity index (χ1v) is 3.78. The van der Waals surface area contributed by atoms with Gasteiger partial charge in [0.2, 0.25) is 0 Å². The second-order valence-corrected chi connectivity index (χ2v) is 2.15. The van der Waals surface area contributed by atoms with Gasteiger partial charge in [0, 0.05) is 6.42 Å². The van der Waals surface area contributed by atoms with Crippen LogP contribution in [-0.4, -0.2) is 17.8 Å². The first kappa shape index (κ1) is 10.2. The lowest BCUT2D eigenvalue weighted by Gasteiger charge is -2.01. The molecule has 0 aromatic carbocycles. The first-order chi connectivity index (χ1) is 5.20. The predicted molar refractivity (Wildman–Crippen MR) is 39.9 cm³/mol. The molecular formula is C6H10ClNO3. The molecule has 0 heterocycles. The molecule has 0 aliphatic carbocycles. The van der Waals surface area contributed by atoms with Crippen LogP contribution in [0.15, 0.2) is 0 Å². The summed E-state index contributed by atoms with van der Waals surface area (Å²) in [7, 11) is 0. The van der Waals surface area contributed by atoms with E-state index in [2.05, 4.69) is 4.84 Å². The minimum absolute atomic E-state index is 0.258. The lowest BCUT2D eigenvalue weighted by Crippen LogP contribution is -2.27. The van der Waals surface area contributed by atoms with Crippen molar-refractivity contribution in [1.82, 2.24) is 5.48 Å². The van der Waals surface area contributed by atoms with E-state index in [9.17, 15) is 9.59 Å². The summed E-state index contributed by atoms with van der Waals surface area (Å²) in [6, 6.07) is 0. The van der Waals surface area contributed by atoms with Gasteiger partial charge < -0.3 is 4.84 Å². The third-order valence-corrected chi connectivity index (χ3v) is 1.08. The minimum atomic E-state index is -0.656. The number of hydrogen-bond acceptors (Lipinski definition) is 3. The largest absolute Gasteiger partial charge is 0.346 e. The summed E-state index contributed by atoms with van der Waals surface area (Å²) in [5, 5.41) is 0. The van der Waals surface area contributed by atoms with Gasteiger partial charge in [0.05, 0.1) is 0 Å². The average molecular weight is 180 g/mol. The Hall–Kier alpha value is -0.770. The van der Waals surface area contributed by atoms with Crippen molar-refractivity contribution in [3.8, 4) is 0 Å². The number of halogens is 1. The van der Waals surface area contributed by atoms with Crippen LogP contribution in [0.2, 0.25) is 0 Å². The summed E-state index contributed by atoms with van der Waals surface area (Å²) < 4.78 is 0. The summed E-state index contributed by atoms with van der Waals surface area (Å²) in [5.74, 6) is -1.23. The molecule has 0 saturated carbocycles. The van der Waals surface area contributed by atoms with Gasteiger partial charge in [-0.3, -0.25) is 4.79 Å². The highest BCUT2D eigenvalue weighted by Crippen LogP contribution is 1.86. The fourth-order valence-electron chi connectivity index (χ4n) is 0.419. The molecule has 0 aromatic rings. The Labute approximate surface area is 69.8 Å². The highest BCUT2D eigenvalue weighted by Gasteiger charge is 2.02. The van der Waals surface area contributed by atoms with Crippen LogP contribution in [0, 0.1) is 0 Å². The highest BCUT2D eigenvalue weighted by molar-refractivity contribution is 6.26. The molecule has 0 bridgehead atoms. The molecule has 0 aromatic heterocycles. The molecule has 11 heavy (non-hydrogen) atoms. The number of amides is 1. The SMILES string of the molecule is CCCC(=O)NOC(=O)CCl. The van der Waals surface area contributed by atoms with Crippen LogP contribution in [0.4, 0.5) is 0 Å². The zero-order valence-corrected chi connectivity index (χ0v) is 6.98. The molecule has 0 unspecified atom stereocenters. The molecule has 0 radical (unpaired) electrons. The molecular weight excluding hydrogens is 170 g/mol. The Morgan fingerprint density at radius 1 is 1.55 bits per heavy atom. The fourth-order valence-corrected chi connectivity index (χ4v) is 0.474. The number of carbonyl (C=O) groups is 2. The summed E-state index contributed by atoms with van der Waals surface area (Å²) >= 11 is 5.09. The summed E-state index contributed by atoms with van der Waals surface area (Å²) in [6.45, 7) is 1.85. The molecule has 4 nitrogen and oxygen atoms in total. The lowest BCUT2D eigenvalue weighted by atomic mass is 10.3. The molecule has 0 saturated heterocycles. The van der Waals surface area contributed by atoms with Crippen molar-refractivity contribution < 1.29 is 14.4 Å². The van der Waals surface area contributed by atoms with Crippen molar-refractivity contribution in [2.45, 2.75) is 19.8 Å². The van der Waals surface area contributed by atoms with E-state index in [4.69, 9.17) is 11.6 Å². The highest BCUT2D eigenvalue weighted by atomic mass is 35.5. The Morgan fingerprint density at radius 2 is 2.18 bits per heavy atom. The van der Waals surface area contributed by atoms with E-state index < -0.39 is 5.97 Å². The van der Waals surface area contributed by atoms with Crippen LogP contribution in [0.1, 0.15) is 19.8 Å². The molecule has 0 atom stereocenters. The normalized spacial score (nSPS) is 8.91. The third kappa shape index (κ3) is 5.66. The van der Waals surface area contributed by atoms with E-state index in [0.29, 0.717) is 12.8 Å². The Bertz CT molecular complexity index is 149. The Kier molecular flexibility index (Phi) is 5.56. The van der Waals surface area contributed by atoms with E-state index >= 15 is 0 Å². The van der Waals surface area contributed by atoms with Crippen molar-refractivity contribution in [2.75, 3.05) is 5.88 Å². The Morgan fingerprint density at radius 3 is 2.64 bits per heavy atom. The number of nitrogens with one attached hydrogen (secondary N) is 1. The number of carbonyl (C=O) groups excluding carboxylic acids is 2. The first-order valence-electron chi connectivity index (χ1n) is 3.25. The summed E-state index contributed by atoms with van der Waals surface area (Å²) in [4.78, 5) is 25.2. The number of hydrogen-bond donors (Lipinski definition) is 1. The zero-order chi connectivity index (χ0) is 8.69. The van der Waals surface area contributed by atoms with Crippen LogP contribution in [0.5, 0.6) is 0 Å². The molecule has 0 spiro atoms. The van der Waals surface area contributed by atoms with E-state index in [0.717, 1.165) is 0 Å². The summed E-state index contributed by atoms with van der Waals surface area (Å²) in [5.41, 5.74) is 1.96. The van der Waals surface area contributed by atoms with Gasteiger partial charge in [-0.15, -0.1) is 11.6 Å². The molecule has 0 fully saturated rings. The fraction of sp³-hybridized carbons (Fsp3) is 0.667. The monoisotopic (exact) mass is 179 g/mol. The minimum Gasteiger partial charge on any atom is -0.339 e. The van der Waals surface area contributed by atoms with Crippen molar-refractivity contribution in [2.24, 2.45) is 0 Å². The van der Waals surface area contributed by atoms with E-state index in [1.807, 2.05) is 12.4 Å². The maximum Gasteiger partial charge on any atom is 0.346 e. The molecule has 0 rings (SSSR count). The number of alkyl halides is 1. The van der Waals surface area contributed by atoms with Gasteiger partial charge in [-0.05, 0) is 6.42 Å². The van der Waals surface area contributed by atoms with E-state index in [1.165, 1.54) is 0 Å². The van der Waals surface area contributed by atoms with Crippen molar-refractivity contribution in [1.29, 1.82) is 0 Å². The third-order valence-electron chi connectivity index (χ3n) is 0.865. The molecule has 0 aliphatic rings. The maximum absolute atomic E-state index is 10.6. The van der Waals surface area contributed by atoms with Gasteiger partial charge in [-0.1, -0.05) is 6.92 Å². The van der Waals surface area contributed by atoms with Crippen molar-refractivity contribution in [3.63, 3.8) is 0 Å². The molecule has 64 valence electrons. The molecule has 0 aliphatic heterocycles. The van der Waals surface area contributed by atoms with Gasteiger partial charge >= 0.3 is 5.97 Å². The molecule has 5 heteroatoms. The van der Waals surface area contributed by atoms with Crippen molar-refractivity contribution in [3.05, 3.63) is 0 Å². The smallest absolute Gasteiger partial charge is 0.339 e. The zero-order valence-electron chi connectivity index (χ0n) is 6.22. The Balaban J connectivity index is 3.38. The standard InChI is InChI=1S/C6H10ClNO3/c1-2-3-5(9)8-11-6(10)4-7/h2-4H2,1H3,(H,8,9). The second kappa shape index (κ2) is 5.97. The average Bonchev–Trinajstić information content (AvgIpc) is 2.01. The van der Waals surface area contributed by atoms with Crippen LogP contribution in [0.25, 0.3) is 0 Å².